The number of sulfonamides is 1. The third-order valence-corrected chi connectivity index (χ3v) is 8.31. The predicted molar refractivity (Wildman–Crippen MR) is 114 cm³/mol. The Hall–Kier alpha value is -2.07. The third kappa shape index (κ3) is 3.28. The highest BCUT2D eigenvalue weighted by Gasteiger charge is 2.22. The van der Waals surface area contributed by atoms with E-state index < -0.39 is 10.0 Å². The summed E-state index contributed by atoms with van der Waals surface area (Å²) in [4.78, 5) is 9.01. The topological polar surface area (TPSA) is 72.4 Å². The molecule has 0 radical (unpaired) electrons. The third-order valence-electron chi connectivity index (χ3n) is 4.44. The normalized spacial score (nSPS) is 12.3. The fourth-order valence-electron chi connectivity index (χ4n) is 3.08. The minimum absolute atomic E-state index is 0.165. The fourth-order valence-corrected chi connectivity index (χ4v) is 6.31. The summed E-state index contributed by atoms with van der Waals surface area (Å²) in [6, 6.07) is 7.10. The number of hydrogen-bond donors (Lipinski definition) is 0. The summed E-state index contributed by atoms with van der Waals surface area (Å²) in [5.74, 6) is 1.05. The Morgan fingerprint density at radius 2 is 1.96 bits per heavy atom. The molecule has 0 fully saturated rings. The van der Waals surface area contributed by atoms with Crippen LogP contribution in [0.4, 0.5) is 0 Å². The second-order valence-electron chi connectivity index (χ2n) is 6.14. The van der Waals surface area contributed by atoms with Gasteiger partial charge >= 0.3 is 0 Å². The number of ether oxygens (including phenoxy) is 1. The number of hydrogen-bond acceptors (Lipinski definition) is 7. The molecule has 146 valence electrons. The molecule has 3 aromatic heterocycles. The van der Waals surface area contributed by atoms with Crippen LogP contribution < -0.4 is 4.74 Å². The zero-order chi connectivity index (χ0) is 19.9. The van der Waals surface area contributed by atoms with Crippen LogP contribution in [0.3, 0.4) is 0 Å². The molecule has 0 aliphatic heterocycles. The van der Waals surface area contributed by atoms with E-state index in [2.05, 4.69) is 9.97 Å². The molecular formula is C19H19N3O3S3. The summed E-state index contributed by atoms with van der Waals surface area (Å²) >= 11 is 3.25. The van der Waals surface area contributed by atoms with E-state index in [0.717, 1.165) is 25.3 Å². The van der Waals surface area contributed by atoms with E-state index in [1.807, 2.05) is 38.3 Å². The number of aromatic nitrogens is 2. The van der Waals surface area contributed by atoms with Gasteiger partial charge in [-0.05, 0) is 24.4 Å². The number of thiophene rings is 1. The van der Waals surface area contributed by atoms with Crippen LogP contribution in [0.1, 0.15) is 18.9 Å². The molecule has 0 amide bonds. The monoisotopic (exact) mass is 433 g/mol. The van der Waals surface area contributed by atoms with Crippen LogP contribution in [0.2, 0.25) is 0 Å². The molecule has 6 nitrogen and oxygen atoms in total. The predicted octanol–water partition coefficient (Wildman–Crippen LogP) is 5.04. The van der Waals surface area contributed by atoms with Crippen molar-refractivity contribution < 1.29 is 13.2 Å². The van der Waals surface area contributed by atoms with Gasteiger partial charge in [-0.15, -0.1) is 22.7 Å². The van der Waals surface area contributed by atoms with Gasteiger partial charge in [-0.2, -0.15) is 4.31 Å². The summed E-state index contributed by atoms with van der Waals surface area (Å²) in [6.07, 6.45) is 1.35. The van der Waals surface area contributed by atoms with Crippen molar-refractivity contribution in [2.75, 3.05) is 13.1 Å². The number of rotatable bonds is 6. The maximum Gasteiger partial charge on any atom is 0.244 e. The molecule has 4 aromatic rings. The summed E-state index contributed by atoms with van der Waals surface area (Å²) in [5.41, 5.74) is 0.994. The fraction of sp³-hybridized carbons (Fsp3) is 0.263. The van der Waals surface area contributed by atoms with Gasteiger partial charge in [-0.25, -0.2) is 18.4 Å². The molecule has 28 heavy (non-hydrogen) atoms. The summed E-state index contributed by atoms with van der Waals surface area (Å²) in [7, 11) is -3.53. The zero-order valence-electron chi connectivity index (χ0n) is 15.7. The van der Waals surface area contributed by atoms with Crippen LogP contribution in [-0.4, -0.2) is 35.8 Å². The van der Waals surface area contributed by atoms with E-state index in [1.165, 1.54) is 16.6 Å². The van der Waals surface area contributed by atoms with E-state index in [-0.39, 0.29) is 4.90 Å². The molecule has 0 aliphatic carbocycles. The summed E-state index contributed by atoms with van der Waals surface area (Å²) in [5, 5.41) is 3.99. The van der Waals surface area contributed by atoms with Crippen LogP contribution in [-0.2, 0) is 10.0 Å². The SMILES string of the molecule is CCN(CC)S(=O)(=O)c1ccc(Oc2cc3sc(C)nc3c3sccc23)nc1. The highest BCUT2D eigenvalue weighted by Crippen LogP contribution is 2.40. The standard InChI is InChI=1S/C19H19N3O3S3/c1-4-22(5-2)28(23,24)13-6-7-17(20-11-13)25-15-10-16-18(21-12(3)27-16)19-14(15)8-9-26-19/h6-11H,4-5H2,1-3H3. The van der Waals surface area contributed by atoms with E-state index in [9.17, 15) is 8.42 Å². The number of aryl methyl sites for hydroxylation is 1. The van der Waals surface area contributed by atoms with Crippen LogP contribution in [0.25, 0.3) is 20.3 Å². The first-order valence-electron chi connectivity index (χ1n) is 8.85. The second-order valence-corrected chi connectivity index (χ2v) is 10.2. The molecule has 0 saturated heterocycles. The van der Waals surface area contributed by atoms with Crippen LogP contribution in [0.5, 0.6) is 11.6 Å². The van der Waals surface area contributed by atoms with Crippen molar-refractivity contribution in [3.8, 4) is 11.6 Å². The van der Waals surface area contributed by atoms with Crippen molar-refractivity contribution in [1.29, 1.82) is 0 Å². The highest BCUT2D eigenvalue weighted by molar-refractivity contribution is 7.89. The average molecular weight is 434 g/mol. The lowest BCUT2D eigenvalue weighted by Gasteiger charge is -2.18. The lowest BCUT2D eigenvalue weighted by Crippen LogP contribution is -2.30. The van der Waals surface area contributed by atoms with Crippen molar-refractivity contribution in [2.45, 2.75) is 25.7 Å². The van der Waals surface area contributed by atoms with E-state index in [4.69, 9.17) is 4.74 Å². The molecule has 9 heteroatoms. The smallest absolute Gasteiger partial charge is 0.244 e. The molecule has 4 rings (SSSR count). The van der Waals surface area contributed by atoms with Crippen LogP contribution in [0, 0.1) is 6.92 Å². The first-order valence-corrected chi connectivity index (χ1v) is 12.0. The van der Waals surface area contributed by atoms with E-state index >= 15 is 0 Å². The van der Waals surface area contributed by atoms with E-state index in [1.54, 1.807) is 28.7 Å². The molecule has 0 N–H and O–H groups in total. The Balaban J connectivity index is 1.69. The van der Waals surface area contributed by atoms with Gasteiger partial charge in [0.15, 0.2) is 0 Å². The van der Waals surface area contributed by atoms with Gasteiger partial charge in [0.25, 0.3) is 0 Å². The van der Waals surface area contributed by atoms with E-state index in [0.29, 0.717) is 24.7 Å². The number of benzene rings is 1. The number of nitrogens with zero attached hydrogens (tertiary/aromatic N) is 3. The lowest BCUT2D eigenvalue weighted by atomic mass is 10.2. The van der Waals surface area contributed by atoms with Crippen molar-refractivity contribution in [3.63, 3.8) is 0 Å². The Labute approximate surface area is 171 Å². The number of fused-ring (bicyclic) bond motifs is 3. The molecule has 0 saturated carbocycles. The summed E-state index contributed by atoms with van der Waals surface area (Å²) < 4.78 is 34.7. The molecule has 0 unspecified atom stereocenters. The van der Waals surface area contributed by atoms with Crippen LogP contribution >= 0.6 is 22.7 Å². The second kappa shape index (κ2) is 7.40. The zero-order valence-corrected chi connectivity index (χ0v) is 18.1. The van der Waals surface area contributed by atoms with Crippen molar-refractivity contribution in [3.05, 3.63) is 40.8 Å². The maximum atomic E-state index is 12.6. The first kappa shape index (κ1) is 19.3. The number of thiazole rings is 1. The molecule has 3 heterocycles. The van der Waals surface area contributed by atoms with Crippen molar-refractivity contribution >= 4 is 53.0 Å². The van der Waals surface area contributed by atoms with Gasteiger partial charge in [0.2, 0.25) is 15.9 Å². The van der Waals surface area contributed by atoms with Gasteiger partial charge in [-0.1, -0.05) is 13.8 Å². The van der Waals surface area contributed by atoms with Crippen molar-refractivity contribution in [2.24, 2.45) is 0 Å². The Bertz CT molecular complexity index is 1240. The molecule has 0 aliphatic rings. The van der Waals surface area contributed by atoms with Gasteiger partial charge in [-0.3, -0.25) is 0 Å². The average Bonchev–Trinajstić information content (AvgIpc) is 3.29. The van der Waals surface area contributed by atoms with Crippen molar-refractivity contribution in [1.82, 2.24) is 14.3 Å². The Morgan fingerprint density at radius 1 is 1.18 bits per heavy atom. The molecule has 1 aromatic carbocycles. The molecule has 0 bridgehead atoms. The molecular weight excluding hydrogens is 414 g/mol. The van der Waals surface area contributed by atoms with Gasteiger partial charge in [0.1, 0.15) is 10.6 Å². The first-order chi connectivity index (χ1) is 13.4. The molecule has 0 atom stereocenters. The van der Waals surface area contributed by atoms with Gasteiger partial charge in [0, 0.05) is 30.6 Å². The lowest BCUT2D eigenvalue weighted by molar-refractivity contribution is 0.443. The minimum Gasteiger partial charge on any atom is -0.438 e. The highest BCUT2D eigenvalue weighted by atomic mass is 32.2. The largest absolute Gasteiger partial charge is 0.438 e. The molecule has 0 spiro atoms. The van der Waals surface area contributed by atoms with Crippen LogP contribution in [0.15, 0.2) is 40.7 Å². The maximum absolute atomic E-state index is 12.6. The quantitative estimate of drug-likeness (QED) is 0.426. The Morgan fingerprint density at radius 3 is 2.64 bits per heavy atom. The van der Waals surface area contributed by atoms with Gasteiger partial charge < -0.3 is 4.74 Å². The Kier molecular flexibility index (Phi) is 5.09. The van der Waals surface area contributed by atoms with Gasteiger partial charge in [0.05, 0.1) is 26.1 Å². The minimum atomic E-state index is -3.53. The number of pyridine rings is 1. The summed E-state index contributed by atoms with van der Waals surface area (Å²) in [6.45, 7) is 6.45.